The lowest BCUT2D eigenvalue weighted by atomic mass is 9.78. The zero-order chi connectivity index (χ0) is 21.8. The van der Waals surface area contributed by atoms with E-state index in [1.165, 1.54) is 0 Å². The lowest BCUT2D eigenvalue weighted by molar-refractivity contribution is -0.0365. The zero-order valence-corrected chi connectivity index (χ0v) is 19.0. The van der Waals surface area contributed by atoms with Gasteiger partial charge in [-0.3, -0.25) is 4.98 Å². The molecule has 1 atom stereocenters. The van der Waals surface area contributed by atoms with Crippen LogP contribution in [0.4, 0.5) is 0 Å². The average Bonchev–Trinajstić information content (AvgIpc) is 3.22. The van der Waals surface area contributed by atoms with E-state index in [4.69, 9.17) is 19.1 Å². The van der Waals surface area contributed by atoms with Gasteiger partial charge in [0, 0.05) is 29.4 Å². The second-order valence-corrected chi connectivity index (χ2v) is 9.67. The molecule has 0 bridgehead atoms. The number of nitrogens with zero attached hydrogens (tertiary/aromatic N) is 3. The molecule has 0 aliphatic carbocycles. The van der Waals surface area contributed by atoms with Crippen molar-refractivity contribution in [3.63, 3.8) is 0 Å². The minimum absolute atomic E-state index is 0.0318. The monoisotopic (exact) mass is 419 g/mol. The number of rotatable bonds is 3. The molecule has 5 rings (SSSR count). The maximum Gasteiger partial charge on any atom is 0.494 e. The smallest absolute Gasteiger partial charge is 0.399 e. The van der Waals surface area contributed by atoms with Gasteiger partial charge in [-0.2, -0.15) is 5.10 Å². The van der Waals surface area contributed by atoms with Crippen LogP contribution >= 0.6 is 0 Å². The molecule has 7 heteroatoms. The first-order valence-corrected chi connectivity index (χ1v) is 11.2. The van der Waals surface area contributed by atoms with Crippen molar-refractivity contribution in [1.82, 2.24) is 14.8 Å². The van der Waals surface area contributed by atoms with Gasteiger partial charge in [-0.25, -0.2) is 4.68 Å². The first kappa shape index (κ1) is 20.7. The molecule has 0 amide bonds. The maximum atomic E-state index is 6.30. The molecule has 0 spiro atoms. The van der Waals surface area contributed by atoms with Crippen LogP contribution in [0.25, 0.3) is 22.2 Å². The number of fused-ring (bicyclic) bond motifs is 1. The van der Waals surface area contributed by atoms with E-state index in [0.717, 1.165) is 59.2 Å². The fraction of sp³-hybridized carbons (Fsp3) is 0.500. The Bertz CT molecular complexity index is 1100. The van der Waals surface area contributed by atoms with Gasteiger partial charge in [-0.15, -0.1) is 0 Å². The lowest BCUT2D eigenvalue weighted by Gasteiger charge is -2.32. The van der Waals surface area contributed by atoms with Crippen molar-refractivity contribution in [2.45, 2.75) is 71.3 Å². The first-order chi connectivity index (χ1) is 14.7. The molecule has 1 unspecified atom stereocenters. The van der Waals surface area contributed by atoms with Gasteiger partial charge in [-0.05, 0) is 77.5 Å². The second kappa shape index (κ2) is 7.43. The van der Waals surface area contributed by atoms with E-state index in [1.54, 1.807) is 0 Å². The van der Waals surface area contributed by atoms with Crippen LogP contribution in [0.3, 0.4) is 0 Å². The topological polar surface area (TPSA) is 58.4 Å². The predicted octanol–water partition coefficient (Wildman–Crippen LogP) is 4.41. The number of hydrogen-bond acceptors (Lipinski definition) is 5. The third-order valence-corrected chi connectivity index (χ3v) is 6.85. The Kier molecular flexibility index (Phi) is 4.96. The van der Waals surface area contributed by atoms with Crippen LogP contribution in [0.1, 0.15) is 58.9 Å². The van der Waals surface area contributed by atoms with Gasteiger partial charge < -0.3 is 14.0 Å². The first-order valence-electron chi connectivity index (χ1n) is 11.2. The van der Waals surface area contributed by atoms with Crippen molar-refractivity contribution in [1.29, 1.82) is 0 Å². The fourth-order valence-corrected chi connectivity index (χ4v) is 4.33. The molecule has 2 fully saturated rings. The van der Waals surface area contributed by atoms with Crippen molar-refractivity contribution in [3.8, 4) is 11.3 Å². The summed E-state index contributed by atoms with van der Waals surface area (Å²) in [7, 11) is -0.407. The number of hydrogen-bond donors (Lipinski definition) is 0. The highest BCUT2D eigenvalue weighted by atomic mass is 16.7. The van der Waals surface area contributed by atoms with Crippen molar-refractivity contribution < 1.29 is 14.0 Å². The Hall–Kier alpha value is -2.22. The number of pyridine rings is 1. The summed E-state index contributed by atoms with van der Waals surface area (Å²) in [5.74, 6) is 0. The quantitative estimate of drug-likeness (QED) is 0.589. The van der Waals surface area contributed by atoms with Crippen LogP contribution in [0.15, 0.2) is 36.5 Å². The fourth-order valence-electron chi connectivity index (χ4n) is 4.33. The second-order valence-electron chi connectivity index (χ2n) is 9.67. The summed E-state index contributed by atoms with van der Waals surface area (Å²) >= 11 is 0. The highest BCUT2D eigenvalue weighted by molar-refractivity contribution is 6.62. The Morgan fingerprint density at radius 3 is 2.48 bits per heavy atom. The normalized spacial score (nSPS) is 22.9. The Balaban J connectivity index is 1.63. The van der Waals surface area contributed by atoms with E-state index in [1.807, 2.05) is 23.9 Å². The Labute approximate surface area is 184 Å². The Morgan fingerprint density at radius 1 is 1.03 bits per heavy atom. The van der Waals surface area contributed by atoms with E-state index in [2.05, 4.69) is 56.9 Å². The number of ether oxygens (including phenoxy) is 1. The molecule has 2 saturated heterocycles. The van der Waals surface area contributed by atoms with Crippen LogP contribution < -0.4 is 5.46 Å². The molecule has 162 valence electrons. The van der Waals surface area contributed by atoms with E-state index < -0.39 is 7.12 Å². The minimum Gasteiger partial charge on any atom is -0.399 e. The molecule has 0 saturated carbocycles. The van der Waals surface area contributed by atoms with Gasteiger partial charge in [0.1, 0.15) is 5.69 Å². The predicted molar refractivity (Wildman–Crippen MR) is 122 cm³/mol. The van der Waals surface area contributed by atoms with E-state index in [0.29, 0.717) is 0 Å². The van der Waals surface area contributed by atoms with E-state index in [9.17, 15) is 0 Å². The molecule has 2 aromatic heterocycles. The summed E-state index contributed by atoms with van der Waals surface area (Å²) in [5, 5.41) is 6.11. The molecule has 0 radical (unpaired) electrons. The van der Waals surface area contributed by atoms with E-state index >= 15 is 0 Å². The van der Waals surface area contributed by atoms with Crippen LogP contribution in [-0.2, 0) is 14.0 Å². The van der Waals surface area contributed by atoms with Crippen LogP contribution in [0, 0.1) is 6.92 Å². The van der Waals surface area contributed by atoms with Crippen molar-refractivity contribution in [2.75, 3.05) is 6.61 Å². The summed E-state index contributed by atoms with van der Waals surface area (Å²) in [4.78, 5) is 4.36. The number of aromatic nitrogens is 3. The number of aryl methyl sites for hydroxylation is 1. The standard InChI is InChI=1S/C24H30BN3O3/c1-16-14-17(11-12-26-16)22-19-15-18(25-30-23(2,3)24(4,5)31-25)9-10-20(19)28(27-22)21-8-6-7-13-29-21/h9-12,14-15,21H,6-8,13H2,1-5H3. The summed E-state index contributed by atoms with van der Waals surface area (Å²) in [6, 6.07) is 10.5. The summed E-state index contributed by atoms with van der Waals surface area (Å²) in [5.41, 5.74) is 4.27. The highest BCUT2D eigenvalue weighted by Gasteiger charge is 2.51. The SMILES string of the molecule is Cc1cc(-c2nn(C3CCCCO3)c3ccc(B4OC(C)(C)C(C)(C)O4)cc23)ccn1. The van der Waals surface area contributed by atoms with Crippen LogP contribution in [-0.4, -0.2) is 39.7 Å². The van der Waals surface area contributed by atoms with Gasteiger partial charge in [-0.1, -0.05) is 12.1 Å². The van der Waals surface area contributed by atoms with Crippen LogP contribution in [0.2, 0.25) is 0 Å². The van der Waals surface area contributed by atoms with Gasteiger partial charge in [0.15, 0.2) is 6.23 Å². The highest BCUT2D eigenvalue weighted by Crippen LogP contribution is 2.37. The van der Waals surface area contributed by atoms with Gasteiger partial charge >= 0.3 is 7.12 Å². The zero-order valence-electron chi connectivity index (χ0n) is 19.0. The van der Waals surface area contributed by atoms with Crippen molar-refractivity contribution in [2.24, 2.45) is 0 Å². The molecular weight excluding hydrogens is 389 g/mol. The molecule has 6 nitrogen and oxygen atoms in total. The molecule has 31 heavy (non-hydrogen) atoms. The lowest BCUT2D eigenvalue weighted by Crippen LogP contribution is -2.41. The minimum atomic E-state index is -0.407. The third kappa shape index (κ3) is 3.58. The van der Waals surface area contributed by atoms with Gasteiger partial charge in [0.25, 0.3) is 0 Å². The van der Waals surface area contributed by atoms with E-state index in [-0.39, 0.29) is 17.4 Å². The summed E-state index contributed by atoms with van der Waals surface area (Å²) in [6.45, 7) is 11.1. The molecule has 1 aromatic carbocycles. The molecule has 3 aromatic rings. The maximum absolute atomic E-state index is 6.30. The summed E-state index contributed by atoms with van der Waals surface area (Å²) in [6.07, 6.45) is 5.05. The van der Waals surface area contributed by atoms with Crippen LogP contribution in [0.5, 0.6) is 0 Å². The van der Waals surface area contributed by atoms with Gasteiger partial charge in [0.05, 0.1) is 16.7 Å². The summed E-state index contributed by atoms with van der Waals surface area (Å²) < 4.78 is 20.7. The molecular formula is C24H30BN3O3. The molecule has 0 N–H and O–H groups in total. The third-order valence-electron chi connectivity index (χ3n) is 6.85. The van der Waals surface area contributed by atoms with Gasteiger partial charge in [0.2, 0.25) is 0 Å². The number of benzene rings is 1. The molecule has 4 heterocycles. The van der Waals surface area contributed by atoms with Crippen molar-refractivity contribution >= 4 is 23.5 Å². The Morgan fingerprint density at radius 2 is 1.81 bits per heavy atom. The van der Waals surface area contributed by atoms with Crippen molar-refractivity contribution in [3.05, 3.63) is 42.2 Å². The molecule has 2 aliphatic heterocycles. The molecule has 2 aliphatic rings. The average molecular weight is 419 g/mol. The largest absolute Gasteiger partial charge is 0.494 e.